The van der Waals surface area contributed by atoms with Crippen LogP contribution in [0.4, 0.5) is 0 Å². The summed E-state index contributed by atoms with van der Waals surface area (Å²) in [5, 5.41) is 3.46. The molecule has 0 radical (unpaired) electrons. The van der Waals surface area contributed by atoms with Gasteiger partial charge in [0.05, 0.1) is 12.2 Å². The van der Waals surface area contributed by atoms with Crippen molar-refractivity contribution in [3.63, 3.8) is 0 Å². The average molecular weight is 199 g/mol. The van der Waals surface area contributed by atoms with Crippen LogP contribution in [0.2, 0.25) is 0 Å². The molecule has 1 heterocycles. The Bertz CT molecular complexity index is 148. The predicted molar refractivity (Wildman–Crippen MR) is 60.5 cm³/mol. The second-order valence-electron chi connectivity index (χ2n) is 5.40. The second-order valence-corrected chi connectivity index (χ2v) is 5.40. The zero-order chi connectivity index (χ0) is 10.6. The normalized spacial score (nSPS) is 21.9. The molecule has 0 spiro atoms. The topological polar surface area (TPSA) is 21.3 Å². The summed E-state index contributed by atoms with van der Waals surface area (Å²) in [5.74, 6) is 1.43. The number of hydrogen-bond donors (Lipinski definition) is 1. The maximum absolute atomic E-state index is 6.02. The minimum Gasteiger partial charge on any atom is -0.372 e. The molecule has 1 aliphatic heterocycles. The Morgan fingerprint density at radius 1 is 1.14 bits per heavy atom. The molecule has 1 fully saturated rings. The van der Waals surface area contributed by atoms with Crippen molar-refractivity contribution in [2.24, 2.45) is 11.8 Å². The van der Waals surface area contributed by atoms with Gasteiger partial charge in [-0.15, -0.1) is 0 Å². The van der Waals surface area contributed by atoms with E-state index in [0.717, 1.165) is 19.7 Å². The van der Waals surface area contributed by atoms with E-state index >= 15 is 0 Å². The molecule has 1 rings (SSSR count). The summed E-state index contributed by atoms with van der Waals surface area (Å²) >= 11 is 0. The Labute approximate surface area is 88.4 Å². The van der Waals surface area contributed by atoms with Crippen molar-refractivity contribution in [3.05, 3.63) is 0 Å². The van der Waals surface area contributed by atoms with E-state index in [4.69, 9.17) is 4.74 Å². The highest BCUT2D eigenvalue weighted by atomic mass is 16.5. The summed E-state index contributed by atoms with van der Waals surface area (Å²) in [6, 6.07) is 0. The Balaban J connectivity index is 2.57. The van der Waals surface area contributed by atoms with Gasteiger partial charge in [0.25, 0.3) is 0 Å². The highest BCUT2D eigenvalue weighted by molar-refractivity contribution is 4.88. The molecule has 0 aromatic rings. The molecule has 0 atom stereocenters. The standard InChI is InChI=1S/C12H25NO/c1-10(2)7-12(8-11(3)4)9-13-5-6-14-12/h10-11,13H,5-9H2,1-4H3. The van der Waals surface area contributed by atoms with E-state index in [1.54, 1.807) is 0 Å². The van der Waals surface area contributed by atoms with Gasteiger partial charge in [-0.2, -0.15) is 0 Å². The Morgan fingerprint density at radius 3 is 2.07 bits per heavy atom. The fraction of sp³-hybridized carbons (Fsp3) is 1.00. The van der Waals surface area contributed by atoms with Crippen molar-refractivity contribution in [3.8, 4) is 0 Å². The maximum Gasteiger partial charge on any atom is 0.0811 e. The van der Waals surface area contributed by atoms with Gasteiger partial charge in [-0.1, -0.05) is 27.7 Å². The van der Waals surface area contributed by atoms with E-state index in [1.165, 1.54) is 12.8 Å². The highest BCUT2D eigenvalue weighted by Gasteiger charge is 2.34. The molecule has 84 valence electrons. The molecule has 0 saturated carbocycles. The van der Waals surface area contributed by atoms with E-state index in [9.17, 15) is 0 Å². The quantitative estimate of drug-likeness (QED) is 0.751. The van der Waals surface area contributed by atoms with Crippen LogP contribution in [0.15, 0.2) is 0 Å². The molecular formula is C12H25NO. The van der Waals surface area contributed by atoms with Crippen LogP contribution in [0.3, 0.4) is 0 Å². The molecule has 0 bridgehead atoms. The summed E-state index contributed by atoms with van der Waals surface area (Å²) in [6.07, 6.45) is 2.36. The van der Waals surface area contributed by atoms with E-state index in [1.807, 2.05) is 0 Å². The van der Waals surface area contributed by atoms with Crippen molar-refractivity contribution in [2.45, 2.75) is 46.1 Å². The van der Waals surface area contributed by atoms with Crippen molar-refractivity contribution in [1.29, 1.82) is 0 Å². The van der Waals surface area contributed by atoms with Gasteiger partial charge < -0.3 is 10.1 Å². The predicted octanol–water partition coefficient (Wildman–Crippen LogP) is 2.44. The summed E-state index contributed by atoms with van der Waals surface area (Å²) in [7, 11) is 0. The molecule has 0 unspecified atom stereocenters. The van der Waals surface area contributed by atoms with E-state index in [2.05, 4.69) is 33.0 Å². The number of nitrogens with one attached hydrogen (secondary N) is 1. The van der Waals surface area contributed by atoms with Crippen LogP contribution < -0.4 is 5.32 Å². The van der Waals surface area contributed by atoms with E-state index in [-0.39, 0.29) is 5.60 Å². The summed E-state index contributed by atoms with van der Waals surface area (Å²) < 4.78 is 6.02. The van der Waals surface area contributed by atoms with Crippen molar-refractivity contribution in [2.75, 3.05) is 19.7 Å². The molecule has 0 aromatic carbocycles. The largest absolute Gasteiger partial charge is 0.372 e. The first kappa shape index (κ1) is 12.0. The van der Waals surface area contributed by atoms with Crippen LogP contribution in [0.1, 0.15) is 40.5 Å². The molecule has 1 aliphatic rings. The zero-order valence-electron chi connectivity index (χ0n) is 10.1. The Morgan fingerprint density at radius 2 is 1.71 bits per heavy atom. The lowest BCUT2D eigenvalue weighted by Gasteiger charge is -2.40. The highest BCUT2D eigenvalue weighted by Crippen LogP contribution is 2.29. The number of morpholine rings is 1. The number of hydrogen-bond acceptors (Lipinski definition) is 2. The van der Waals surface area contributed by atoms with Gasteiger partial charge in [-0.05, 0) is 24.7 Å². The zero-order valence-corrected chi connectivity index (χ0v) is 10.1. The van der Waals surface area contributed by atoms with Crippen LogP contribution in [-0.4, -0.2) is 25.3 Å². The van der Waals surface area contributed by atoms with Crippen molar-refractivity contribution < 1.29 is 4.74 Å². The third-order valence-corrected chi connectivity index (χ3v) is 2.69. The smallest absolute Gasteiger partial charge is 0.0811 e. The molecule has 1 saturated heterocycles. The van der Waals surface area contributed by atoms with Crippen LogP contribution in [0.25, 0.3) is 0 Å². The van der Waals surface area contributed by atoms with Gasteiger partial charge in [-0.3, -0.25) is 0 Å². The van der Waals surface area contributed by atoms with Gasteiger partial charge >= 0.3 is 0 Å². The minimum absolute atomic E-state index is 0.112. The summed E-state index contributed by atoms with van der Waals surface area (Å²) in [5.41, 5.74) is 0.112. The van der Waals surface area contributed by atoms with Crippen molar-refractivity contribution in [1.82, 2.24) is 5.32 Å². The minimum atomic E-state index is 0.112. The average Bonchev–Trinajstić information content (AvgIpc) is 2.01. The molecule has 14 heavy (non-hydrogen) atoms. The maximum atomic E-state index is 6.02. The third kappa shape index (κ3) is 3.58. The molecule has 0 aliphatic carbocycles. The monoisotopic (exact) mass is 199 g/mol. The lowest BCUT2D eigenvalue weighted by molar-refractivity contribution is -0.0898. The molecule has 0 aromatic heterocycles. The summed E-state index contributed by atoms with van der Waals surface area (Å²) in [4.78, 5) is 0. The first-order valence-electron chi connectivity index (χ1n) is 5.89. The molecule has 2 nitrogen and oxygen atoms in total. The molecule has 0 amide bonds. The third-order valence-electron chi connectivity index (χ3n) is 2.69. The van der Waals surface area contributed by atoms with Gasteiger partial charge in [-0.25, -0.2) is 0 Å². The Hall–Kier alpha value is -0.0800. The van der Waals surface area contributed by atoms with Gasteiger partial charge in [0.2, 0.25) is 0 Å². The van der Waals surface area contributed by atoms with Crippen molar-refractivity contribution >= 4 is 0 Å². The van der Waals surface area contributed by atoms with Crippen LogP contribution in [0.5, 0.6) is 0 Å². The van der Waals surface area contributed by atoms with Gasteiger partial charge in [0.1, 0.15) is 0 Å². The van der Waals surface area contributed by atoms with Crippen LogP contribution in [0, 0.1) is 11.8 Å². The first-order valence-corrected chi connectivity index (χ1v) is 5.89. The molecule has 2 heteroatoms. The van der Waals surface area contributed by atoms with Crippen LogP contribution >= 0.6 is 0 Å². The van der Waals surface area contributed by atoms with Gasteiger partial charge in [0.15, 0.2) is 0 Å². The lowest BCUT2D eigenvalue weighted by Crippen LogP contribution is -2.51. The fourth-order valence-corrected chi connectivity index (χ4v) is 2.54. The molecule has 1 N–H and O–H groups in total. The first-order chi connectivity index (χ1) is 6.54. The molecular weight excluding hydrogens is 174 g/mol. The van der Waals surface area contributed by atoms with Gasteiger partial charge in [0, 0.05) is 13.1 Å². The van der Waals surface area contributed by atoms with E-state index in [0.29, 0.717) is 11.8 Å². The lowest BCUT2D eigenvalue weighted by atomic mass is 9.84. The Kier molecular flexibility index (Phi) is 4.39. The second kappa shape index (κ2) is 5.13. The number of rotatable bonds is 4. The fourth-order valence-electron chi connectivity index (χ4n) is 2.54. The van der Waals surface area contributed by atoms with E-state index < -0.39 is 0 Å². The summed E-state index contributed by atoms with van der Waals surface area (Å²) in [6.45, 7) is 12.0. The number of ether oxygens (including phenoxy) is 1. The van der Waals surface area contributed by atoms with Crippen LogP contribution in [-0.2, 0) is 4.74 Å². The SMILES string of the molecule is CC(C)CC1(CC(C)C)CNCCO1.